The third kappa shape index (κ3) is 8.36. The molecule has 6 aromatic carbocycles. The number of carbonyl (C=O) groups is 1. The number of nitrogens with zero attached hydrogens (tertiary/aromatic N) is 6. The summed E-state index contributed by atoms with van der Waals surface area (Å²) in [6, 6.07) is 54.7. The highest BCUT2D eigenvalue weighted by atomic mass is 32.2. The Kier molecular flexibility index (Phi) is 12.5. The fourth-order valence-corrected chi connectivity index (χ4v) is 9.70. The Morgan fingerprint density at radius 3 is 1.87 bits per heavy atom. The van der Waals surface area contributed by atoms with Gasteiger partial charge in [-0.05, 0) is 74.5 Å². The molecule has 0 aliphatic rings. The first-order chi connectivity index (χ1) is 29.5. The van der Waals surface area contributed by atoms with Gasteiger partial charge in [0.05, 0.1) is 5.69 Å². The number of phenolic OH excluding ortho intramolecular Hbond substituents is 1. The van der Waals surface area contributed by atoms with Crippen molar-refractivity contribution in [2.45, 2.75) is 42.5 Å². The van der Waals surface area contributed by atoms with Gasteiger partial charge in [0.1, 0.15) is 17.1 Å². The molecule has 0 spiro atoms. The number of aromatic hydroxyl groups is 1. The SMILES string of the molecule is CCCc1nc(CSCCSc2ccc(O)cc2)c(C(=O)O)n1Cc1ccc(-c2ccccc2-c2nnnn2C(c2ccccc2)(c2ccccc2)c2ccccc2)cc1. The van der Waals surface area contributed by atoms with E-state index in [0.29, 0.717) is 30.2 Å². The standard InChI is InChI=1S/C49H44N6O3S2/c1-2-14-45-50-44(34-59-31-32-60-41-29-27-40(56)28-30-41)46(48(57)58)54(45)33-35-23-25-36(26-24-35)42-21-12-13-22-43(42)47-51-52-53-55(47)49(37-15-6-3-7-16-37,38-17-8-4-9-18-38)39-19-10-5-11-20-39/h3-13,15-30,56H,2,14,31-34H2,1H3,(H,57,58). The van der Waals surface area contributed by atoms with Crippen molar-refractivity contribution in [3.8, 4) is 28.3 Å². The van der Waals surface area contributed by atoms with E-state index in [1.54, 1.807) is 35.7 Å². The number of hydrogen-bond donors (Lipinski definition) is 2. The number of hydrogen-bond acceptors (Lipinski definition) is 8. The smallest absolute Gasteiger partial charge is 0.354 e. The van der Waals surface area contributed by atoms with Gasteiger partial charge in [0.2, 0.25) is 0 Å². The van der Waals surface area contributed by atoms with Crippen molar-refractivity contribution in [2.24, 2.45) is 0 Å². The molecule has 11 heteroatoms. The molecule has 0 fully saturated rings. The van der Waals surface area contributed by atoms with Crippen LogP contribution < -0.4 is 0 Å². The van der Waals surface area contributed by atoms with Gasteiger partial charge in [-0.15, -0.1) is 16.9 Å². The van der Waals surface area contributed by atoms with Gasteiger partial charge in [0.15, 0.2) is 11.5 Å². The van der Waals surface area contributed by atoms with E-state index in [2.05, 4.69) is 84.9 Å². The summed E-state index contributed by atoms with van der Waals surface area (Å²) in [5.41, 5.74) is 6.81. The molecule has 0 aliphatic carbocycles. The Bertz CT molecular complexity index is 2550. The van der Waals surface area contributed by atoms with Gasteiger partial charge < -0.3 is 14.8 Å². The molecule has 300 valence electrons. The third-order valence-electron chi connectivity index (χ3n) is 10.5. The van der Waals surface area contributed by atoms with Crippen LogP contribution in [-0.2, 0) is 24.3 Å². The van der Waals surface area contributed by atoms with Crippen LogP contribution in [0.25, 0.3) is 22.5 Å². The van der Waals surface area contributed by atoms with Crippen LogP contribution in [0.2, 0.25) is 0 Å². The Morgan fingerprint density at radius 2 is 1.28 bits per heavy atom. The van der Waals surface area contributed by atoms with E-state index in [4.69, 9.17) is 15.3 Å². The van der Waals surface area contributed by atoms with Crippen LogP contribution in [0, 0.1) is 0 Å². The van der Waals surface area contributed by atoms with Crippen LogP contribution in [0.3, 0.4) is 0 Å². The maximum absolute atomic E-state index is 12.8. The summed E-state index contributed by atoms with van der Waals surface area (Å²) in [5, 5.41) is 33.9. The van der Waals surface area contributed by atoms with Crippen molar-refractivity contribution in [2.75, 3.05) is 11.5 Å². The number of carboxylic acid groups (broad SMARTS) is 1. The van der Waals surface area contributed by atoms with Gasteiger partial charge in [0, 0.05) is 40.7 Å². The number of phenols is 1. The molecule has 2 N–H and O–H groups in total. The van der Waals surface area contributed by atoms with Crippen LogP contribution in [0.1, 0.15) is 57.6 Å². The lowest BCUT2D eigenvalue weighted by Crippen LogP contribution is -2.39. The van der Waals surface area contributed by atoms with E-state index < -0.39 is 11.5 Å². The first kappa shape index (κ1) is 40.4. The van der Waals surface area contributed by atoms with Crippen LogP contribution in [-0.4, -0.2) is 57.4 Å². The van der Waals surface area contributed by atoms with Gasteiger partial charge in [0.25, 0.3) is 0 Å². The Balaban J connectivity index is 1.10. The van der Waals surface area contributed by atoms with Crippen LogP contribution in [0.5, 0.6) is 5.75 Å². The number of aromatic nitrogens is 6. The lowest BCUT2D eigenvalue weighted by Gasteiger charge is -2.36. The van der Waals surface area contributed by atoms with Crippen molar-refractivity contribution in [3.05, 3.63) is 203 Å². The van der Waals surface area contributed by atoms with Crippen molar-refractivity contribution >= 4 is 29.5 Å². The molecule has 0 aliphatic heterocycles. The van der Waals surface area contributed by atoms with Crippen LogP contribution in [0.4, 0.5) is 0 Å². The van der Waals surface area contributed by atoms with E-state index in [-0.39, 0.29) is 11.4 Å². The summed E-state index contributed by atoms with van der Waals surface area (Å²) in [4.78, 5) is 18.8. The molecular formula is C49H44N6O3S2. The Labute approximate surface area is 358 Å². The van der Waals surface area contributed by atoms with E-state index in [1.165, 1.54) is 0 Å². The predicted molar refractivity (Wildman–Crippen MR) is 241 cm³/mol. The van der Waals surface area contributed by atoms with E-state index in [1.807, 2.05) is 88.1 Å². The summed E-state index contributed by atoms with van der Waals surface area (Å²) in [6.45, 7) is 2.47. The van der Waals surface area contributed by atoms with E-state index in [9.17, 15) is 15.0 Å². The molecule has 0 saturated carbocycles. The number of tetrazole rings is 1. The summed E-state index contributed by atoms with van der Waals surface area (Å²) >= 11 is 3.39. The molecule has 0 radical (unpaired) electrons. The third-order valence-corrected chi connectivity index (χ3v) is 12.7. The summed E-state index contributed by atoms with van der Waals surface area (Å²) in [7, 11) is 0. The zero-order chi connectivity index (χ0) is 41.3. The molecule has 9 nitrogen and oxygen atoms in total. The second kappa shape index (κ2) is 18.7. The minimum atomic E-state index is -0.972. The number of benzene rings is 6. The minimum absolute atomic E-state index is 0.247. The molecule has 8 rings (SSSR count). The number of carboxylic acids is 1. The summed E-state index contributed by atoms with van der Waals surface area (Å²) in [5.74, 6) is 2.88. The zero-order valence-electron chi connectivity index (χ0n) is 33.1. The molecule has 2 heterocycles. The molecule has 0 bridgehead atoms. The summed E-state index contributed by atoms with van der Waals surface area (Å²) < 4.78 is 3.83. The fourth-order valence-electron chi connectivity index (χ4n) is 7.80. The highest BCUT2D eigenvalue weighted by Crippen LogP contribution is 2.43. The topological polar surface area (TPSA) is 119 Å². The molecule has 8 aromatic rings. The first-order valence-corrected chi connectivity index (χ1v) is 22.1. The van der Waals surface area contributed by atoms with Crippen molar-refractivity contribution in [1.29, 1.82) is 0 Å². The second-order valence-electron chi connectivity index (χ2n) is 14.3. The molecule has 60 heavy (non-hydrogen) atoms. The number of aryl methyl sites for hydroxylation is 1. The Morgan fingerprint density at radius 1 is 0.700 bits per heavy atom. The largest absolute Gasteiger partial charge is 0.508 e. The minimum Gasteiger partial charge on any atom is -0.508 e. The molecule has 0 atom stereocenters. The van der Waals surface area contributed by atoms with Gasteiger partial charge in [-0.25, -0.2) is 14.5 Å². The Hall–Kier alpha value is -6.43. The number of thioether (sulfide) groups is 2. The van der Waals surface area contributed by atoms with Gasteiger partial charge in [-0.1, -0.05) is 146 Å². The monoisotopic (exact) mass is 828 g/mol. The quantitative estimate of drug-likeness (QED) is 0.0525. The predicted octanol–water partition coefficient (Wildman–Crippen LogP) is 10.5. The fraction of sp³-hybridized carbons (Fsp3) is 0.163. The van der Waals surface area contributed by atoms with Gasteiger partial charge >= 0.3 is 5.97 Å². The van der Waals surface area contributed by atoms with Gasteiger partial charge in [-0.3, -0.25) is 0 Å². The molecule has 0 unspecified atom stereocenters. The highest BCUT2D eigenvalue weighted by molar-refractivity contribution is 8.02. The lowest BCUT2D eigenvalue weighted by molar-refractivity contribution is 0.0684. The molecule has 2 aromatic heterocycles. The van der Waals surface area contributed by atoms with Gasteiger partial charge in [-0.2, -0.15) is 11.8 Å². The maximum atomic E-state index is 12.8. The zero-order valence-corrected chi connectivity index (χ0v) is 34.8. The number of rotatable bonds is 17. The van der Waals surface area contributed by atoms with E-state index in [0.717, 1.165) is 67.6 Å². The molecule has 0 amide bonds. The second-order valence-corrected chi connectivity index (χ2v) is 16.6. The maximum Gasteiger partial charge on any atom is 0.354 e. The molecule has 0 saturated heterocycles. The summed E-state index contributed by atoms with van der Waals surface area (Å²) in [6.07, 6.45) is 1.53. The number of imidazole rings is 1. The number of aromatic carboxylic acids is 1. The van der Waals surface area contributed by atoms with Crippen LogP contribution >= 0.6 is 23.5 Å². The first-order valence-electron chi connectivity index (χ1n) is 19.9. The lowest BCUT2D eigenvalue weighted by atomic mass is 9.77. The van der Waals surface area contributed by atoms with Crippen molar-refractivity contribution in [3.63, 3.8) is 0 Å². The normalized spacial score (nSPS) is 11.5. The van der Waals surface area contributed by atoms with Crippen LogP contribution in [0.15, 0.2) is 169 Å². The molecular weight excluding hydrogens is 785 g/mol. The van der Waals surface area contributed by atoms with E-state index >= 15 is 0 Å². The van der Waals surface area contributed by atoms with Crippen molar-refractivity contribution in [1.82, 2.24) is 29.8 Å². The average Bonchev–Trinajstić information content (AvgIpc) is 3.91. The van der Waals surface area contributed by atoms with Crippen molar-refractivity contribution < 1.29 is 15.0 Å². The average molecular weight is 829 g/mol. The highest BCUT2D eigenvalue weighted by Gasteiger charge is 2.42.